The zero-order valence-corrected chi connectivity index (χ0v) is 14.2. The number of ether oxygens (including phenoxy) is 1. The molecule has 0 unspecified atom stereocenters. The third-order valence-electron chi connectivity index (χ3n) is 4.80. The fourth-order valence-electron chi connectivity index (χ4n) is 3.42. The molecule has 1 fully saturated rings. The van der Waals surface area contributed by atoms with Crippen LogP contribution in [0.25, 0.3) is 0 Å². The van der Waals surface area contributed by atoms with Gasteiger partial charge in [0.15, 0.2) is 9.84 Å². The normalized spacial score (nSPS) is 18.7. The molecule has 1 aliphatic carbocycles. The van der Waals surface area contributed by atoms with Crippen molar-refractivity contribution in [3.05, 3.63) is 41.1 Å². The number of rotatable bonds is 4. The summed E-state index contributed by atoms with van der Waals surface area (Å²) < 4.78 is 36.2. The molecule has 1 aliphatic heterocycles. The monoisotopic (exact) mass is 348 g/mol. The minimum Gasteiger partial charge on any atom is -0.424 e. The fraction of sp³-hybridized carbons (Fsp3) is 0.529. The molecule has 0 saturated carbocycles. The summed E-state index contributed by atoms with van der Waals surface area (Å²) in [7, 11) is -3.47. The van der Waals surface area contributed by atoms with Crippen LogP contribution in [-0.2, 0) is 33.2 Å². The van der Waals surface area contributed by atoms with Gasteiger partial charge >= 0.3 is 0 Å². The van der Waals surface area contributed by atoms with Gasteiger partial charge in [-0.3, -0.25) is 0 Å². The van der Waals surface area contributed by atoms with Gasteiger partial charge in [0, 0.05) is 19.1 Å². The molecule has 0 atom stereocenters. The molecule has 1 aromatic carbocycles. The number of sulfone groups is 1. The van der Waals surface area contributed by atoms with Gasteiger partial charge in [0.2, 0.25) is 11.8 Å². The highest BCUT2D eigenvalue weighted by atomic mass is 32.2. The lowest BCUT2D eigenvalue weighted by atomic mass is 10.0. The van der Waals surface area contributed by atoms with Crippen LogP contribution in [0.2, 0.25) is 0 Å². The zero-order valence-electron chi connectivity index (χ0n) is 13.4. The highest BCUT2D eigenvalue weighted by Crippen LogP contribution is 2.28. The van der Waals surface area contributed by atoms with Crippen LogP contribution < -0.4 is 0 Å². The predicted octanol–water partition coefficient (Wildman–Crippen LogP) is 2.43. The molecular weight excluding hydrogens is 328 g/mol. The lowest BCUT2D eigenvalue weighted by molar-refractivity contribution is 0.0792. The number of fused-ring (bicyclic) bond motifs is 1. The third-order valence-corrected chi connectivity index (χ3v) is 6.39. The Morgan fingerprint density at radius 2 is 1.88 bits per heavy atom. The lowest BCUT2D eigenvalue weighted by Crippen LogP contribution is -2.14. The summed E-state index contributed by atoms with van der Waals surface area (Å²) in [5.74, 6) is 0.610. The molecule has 1 aromatic heterocycles. The molecule has 0 N–H and O–H groups in total. The van der Waals surface area contributed by atoms with Gasteiger partial charge in [-0.15, -0.1) is 10.2 Å². The molecule has 0 amide bonds. The predicted molar refractivity (Wildman–Crippen MR) is 86.4 cm³/mol. The first-order chi connectivity index (χ1) is 11.6. The molecule has 1 saturated heterocycles. The summed E-state index contributed by atoms with van der Waals surface area (Å²) >= 11 is 0. The second kappa shape index (κ2) is 6.29. The topological polar surface area (TPSA) is 82.3 Å². The van der Waals surface area contributed by atoms with Gasteiger partial charge in [0.25, 0.3) is 0 Å². The third kappa shape index (κ3) is 3.10. The van der Waals surface area contributed by atoms with E-state index in [1.165, 1.54) is 5.56 Å². The maximum Gasteiger partial charge on any atom is 0.231 e. The van der Waals surface area contributed by atoms with Crippen molar-refractivity contribution in [3.63, 3.8) is 0 Å². The van der Waals surface area contributed by atoms with Crippen molar-refractivity contribution in [2.45, 2.75) is 48.7 Å². The van der Waals surface area contributed by atoms with Crippen LogP contribution in [0.1, 0.15) is 48.1 Å². The summed E-state index contributed by atoms with van der Waals surface area (Å²) in [5, 5.41) is 7.98. The van der Waals surface area contributed by atoms with Gasteiger partial charge in [-0.1, -0.05) is 6.07 Å². The Hall–Kier alpha value is -1.73. The van der Waals surface area contributed by atoms with Crippen LogP contribution in [0.4, 0.5) is 0 Å². The van der Waals surface area contributed by atoms with Crippen molar-refractivity contribution in [1.29, 1.82) is 0 Å². The maximum atomic E-state index is 12.6. The Balaban J connectivity index is 1.52. The summed E-state index contributed by atoms with van der Waals surface area (Å²) in [4.78, 5) is 0.342. The van der Waals surface area contributed by atoms with Gasteiger partial charge in [0.1, 0.15) is 5.75 Å². The molecule has 2 aliphatic rings. The molecule has 6 nitrogen and oxygen atoms in total. The number of hydrogen-bond acceptors (Lipinski definition) is 6. The van der Waals surface area contributed by atoms with E-state index in [9.17, 15) is 8.42 Å². The van der Waals surface area contributed by atoms with Crippen molar-refractivity contribution in [2.75, 3.05) is 13.2 Å². The molecule has 4 rings (SSSR count). The lowest BCUT2D eigenvalue weighted by Gasteiger charge is -2.18. The summed E-state index contributed by atoms with van der Waals surface area (Å²) in [6.07, 6.45) is 4.75. The quantitative estimate of drug-likeness (QED) is 0.844. The molecule has 7 heteroatoms. The molecule has 2 aromatic rings. The van der Waals surface area contributed by atoms with Crippen LogP contribution in [0, 0.1) is 0 Å². The number of aromatic nitrogens is 2. The van der Waals surface area contributed by atoms with Crippen molar-refractivity contribution < 1.29 is 17.6 Å². The Morgan fingerprint density at radius 1 is 1.08 bits per heavy atom. The van der Waals surface area contributed by atoms with Crippen molar-refractivity contribution in [1.82, 2.24) is 10.2 Å². The fourth-order valence-corrected chi connectivity index (χ4v) is 4.63. The van der Waals surface area contributed by atoms with E-state index in [1.54, 1.807) is 12.1 Å². The highest BCUT2D eigenvalue weighted by Gasteiger charge is 2.25. The number of benzene rings is 1. The smallest absolute Gasteiger partial charge is 0.231 e. The SMILES string of the molecule is O=S(=O)(Cc1nnc(C2CCOCC2)o1)c1ccc2c(c1)CCC2. The molecule has 128 valence electrons. The minimum absolute atomic E-state index is 0.164. The van der Waals surface area contributed by atoms with Crippen LogP contribution >= 0.6 is 0 Å². The van der Waals surface area contributed by atoms with E-state index < -0.39 is 9.84 Å². The first-order valence-corrected chi connectivity index (χ1v) is 10.0. The maximum absolute atomic E-state index is 12.6. The van der Waals surface area contributed by atoms with E-state index in [4.69, 9.17) is 9.15 Å². The largest absolute Gasteiger partial charge is 0.424 e. The molecule has 0 spiro atoms. The van der Waals surface area contributed by atoms with Gasteiger partial charge in [-0.05, 0) is 55.4 Å². The molecule has 24 heavy (non-hydrogen) atoms. The Labute approximate surface area is 141 Å². The number of hydrogen-bond donors (Lipinski definition) is 0. The molecule has 0 radical (unpaired) electrons. The summed E-state index contributed by atoms with van der Waals surface area (Å²) in [5.41, 5.74) is 2.40. The van der Waals surface area contributed by atoms with Crippen LogP contribution in [0.5, 0.6) is 0 Å². The molecular formula is C17H20N2O4S. The minimum atomic E-state index is -3.47. The first kappa shape index (κ1) is 15.8. The van der Waals surface area contributed by atoms with E-state index in [2.05, 4.69) is 10.2 Å². The first-order valence-electron chi connectivity index (χ1n) is 8.36. The van der Waals surface area contributed by atoms with Crippen LogP contribution in [0.15, 0.2) is 27.5 Å². The van der Waals surface area contributed by atoms with Gasteiger partial charge in [-0.25, -0.2) is 8.42 Å². The van der Waals surface area contributed by atoms with Gasteiger partial charge in [0.05, 0.1) is 4.90 Å². The van der Waals surface area contributed by atoms with E-state index in [-0.39, 0.29) is 17.6 Å². The summed E-state index contributed by atoms with van der Waals surface area (Å²) in [6, 6.07) is 5.42. The highest BCUT2D eigenvalue weighted by molar-refractivity contribution is 7.90. The second-order valence-corrected chi connectivity index (χ2v) is 8.45. The zero-order chi connectivity index (χ0) is 16.6. The number of aryl methyl sites for hydroxylation is 2. The van der Waals surface area contributed by atoms with Crippen LogP contribution in [-0.4, -0.2) is 31.8 Å². The van der Waals surface area contributed by atoms with E-state index in [0.29, 0.717) is 24.0 Å². The van der Waals surface area contributed by atoms with Gasteiger partial charge in [-0.2, -0.15) is 0 Å². The van der Waals surface area contributed by atoms with Crippen molar-refractivity contribution in [2.24, 2.45) is 0 Å². The van der Waals surface area contributed by atoms with Gasteiger partial charge < -0.3 is 9.15 Å². The summed E-state index contributed by atoms with van der Waals surface area (Å²) in [6.45, 7) is 1.35. The average Bonchev–Trinajstić information content (AvgIpc) is 3.23. The molecule has 2 heterocycles. The second-order valence-electron chi connectivity index (χ2n) is 6.46. The standard InChI is InChI=1S/C17H20N2O4S/c20-24(21,15-5-4-12-2-1-3-14(12)10-15)11-16-18-19-17(23-16)13-6-8-22-9-7-13/h4-5,10,13H,1-3,6-9,11H2. The van der Waals surface area contributed by atoms with E-state index in [0.717, 1.165) is 37.7 Å². The molecule has 0 bridgehead atoms. The number of nitrogens with zero attached hydrogens (tertiary/aromatic N) is 2. The van der Waals surface area contributed by atoms with E-state index >= 15 is 0 Å². The van der Waals surface area contributed by atoms with Crippen molar-refractivity contribution in [3.8, 4) is 0 Å². The Kier molecular flexibility index (Phi) is 4.14. The van der Waals surface area contributed by atoms with E-state index in [1.807, 2.05) is 6.07 Å². The van der Waals surface area contributed by atoms with Crippen LogP contribution in [0.3, 0.4) is 0 Å². The van der Waals surface area contributed by atoms with Crippen molar-refractivity contribution >= 4 is 9.84 Å². The Morgan fingerprint density at radius 3 is 2.71 bits per heavy atom. The Bertz CT molecular complexity index is 838. The average molecular weight is 348 g/mol.